The van der Waals surface area contributed by atoms with Crippen LogP contribution in [0.15, 0.2) is 45.8 Å². The average Bonchev–Trinajstić information content (AvgIpc) is 3.25. The third-order valence-corrected chi connectivity index (χ3v) is 6.25. The van der Waals surface area contributed by atoms with Crippen LogP contribution in [0.1, 0.15) is 37.6 Å². The largest absolute Gasteiger partial charge is 0.469 e. The van der Waals surface area contributed by atoms with Crippen LogP contribution in [-0.2, 0) is 17.8 Å². The summed E-state index contributed by atoms with van der Waals surface area (Å²) in [6, 6.07) is 8.21. The normalized spacial score (nSPS) is 20.8. The summed E-state index contributed by atoms with van der Waals surface area (Å²) in [4.78, 5) is 39.7. The molecule has 2 N–H and O–H groups in total. The molecule has 0 spiro atoms. The molecule has 2 aromatic heterocycles. The Morgan fingerprint density at radius 3 is 2.74 bits per heavy atom. The molecular weight excluding hydrogens is 396 g/mol. The first-order chi connectivity index (χ1) is 14.9. The van der Waals surface area contributed by atoms with Gasteiger partial charge in [0.1, 0.15) is 11.8 Å². The van der Waals surface area contributed by atoms with Gasteiger partial charge in [-0.3, -0.25) is 9.59 Å². The molecule has 1 saturated heterocycles. The molecule has 4 rings (SSSR count). The molecule has 3 atom stereocenters. The van der Waals surface area contributed by atoms with E-state index in [9.17, 15) is 14.4 Å². The summed E-state index contributed by atoms with van der Waals surface area (Å²) in [5.41, 5.74) is 1.02. The fraction of sp³-hybridized carbons (Fsp3) is 0.522. The quantitative estimate of drug-likeness (QED) is 0.738. The predicted molar refractivity (Wildman–Crippen MR) is 116 cm³/mol. The maximum Gasteiger partial charge on any atom is 0.318 e. The molecule has 2 aromatic rings. The van der Waals surface area contributed by atoms with Crippen molar-refractivity contribution in [3.05, 3.63) is 58.4 Å². The van der Waals surface area contributed by atoms with Gasteiger partial charge in [0.2, 0.25) is 5.91 Å². The summed E-state index contributed by atoms with van der Waals surface area (Å²) >= 11 is 0. The first-order valence-electron chi connectivity index (χ1n) is 11.0. The lowest BCUT2D eigenvalue weighted by molar-refractivity contribution is -0.123. The number of carbonyl (C=O) groups excluding carboxylic acids is 2. The minimum atomic E-state index is -0.610. The number of rotatable bonds is 6. The number of hydrogen-bond donors (Lipinski definition) is 2. The van der Waals surface area contributed by atoms with Gasteiger partial charge in [0.25, 0.3) is 5.56 Å². The third kappa shape index (κ3) is 4.68. The molecule has 2 aliphatic heterocycles. The van der Waals surface area contributed by atoms with Crippen molar-refractivity contribution in [3.63, 3.8) is 0 Å². The smallest absolute Gasteiger partial charge is 0.318 e. The zero-order chi connectivity index (χ0) is 22.0. The summed E-state index contributed by atoms with van der Waals surface area (Å²) < 4.78 is 7.13. The molecule has 0 aromatic carbocycles. The van der Waals surface area contributed by atoms with Gasteiger partial charge >= 0.3 is 6.03 Å². The van der Waals surface area contributed by atoms with Gasteiger partial charge in [-0.2, -0.15) is 0 Å². The Balaban J connectivity index is 1.37. The first-order valence-corrected chi connectivity index (χ1v) is 11.0. The Labute approximate surface area is 181 Å². The summed E-state index contributed by atoms with van der Waals surface area (Å²) in [5.74, 6) is 0.966. The summed E-state index contributed by atoms with van der Waals surface area (Å²) in [6.07, 6.45) is 3.19. The van der Waals surface area contributed by atoms with E-state index in [0.717, 1.165) is 17.9 Å². The Hall–Kier alpha value is -3.03. The third-order valence-electron chi connectivity index (χ3n) is 6.25. The molecule has 4 heterocycles. The lowest BCUT2D eigenvalue weighted by Crippen LogP contribution is -2.57. The number of nitrogens with one attached hydrogen (secondary N) is 2. The number of carbonyl (C=O) groups is 2. The van der Waals surface area contributed by atoms with Crippen LogP contribution in [0.5, 0.6) is 0 Å². The number of furan rings is 1. The highest BCUT2D eigenvalue weighted by Gasteiger charge is 2.37. The fourth-order valence-electron chi connectivity index (χ4n) is 4.70. The predicted octanol–water partition coefficient (Wildman–Crippen LogP) is 1.95. The van der Waals surface area contributed by atoms with Crippen LogP contribution in [0.4, 0.5) is 4.79 Å². The van der Waals surface area contributed by atoms with Crippen molar-refractivity contribution in [1.29, 1.82) is 0 Å². The Morgan fingerprint density at radius 1 is 1.16 bits per heavy atom. The number of amides is 3. The van der Waals surface area contributed by atoms with E-state index in [1.165, 1.54) is 0 Å². The lowest BCUT2D eigenvalue weighted by Gasteiger charge is -2.43. The van der Waals surface area contributed by atoms with Crippen LogP contribution in [0.2, 0.25) is 0 Å². The van der Waals surface area contributed by atoms with E-state index < -0.39 is 6.04 Å². The molecule has 166 valence electrons. The van der Waals surface area contributed by atoms with E-state index in [1.54, 1.807) is 23.3 Å². The van der Waals surface area contributed by atoms with E-state index in [-0.39, 0.29) is 35.3 Å². The Kier molecular flexibility index (Phi) is 6.15. The van der Waals surface area contributed by atoms with Crippen LogP contribution < -0.4 is 16.2 Å². The number of aromatic nitrogens is 1. The zero-order valence-electron chi connectivity index (χ0n) is 18.0. The van der Waals surface area contributed by atoms with Crippen molar-refractivity contribution in [2.24, 2.45) is 11.8 Å². The van der Waals surface area contributed by atoms with E-state index in [0.29, 0.717) is 32.6 Å². The molecule has 8 nitrogen and oxygen atoms in total. The van der Waals surface area contributed by atoms with Gasteiger partial charge in [-0.15, -0.1) is 0 Å². The number of pyridine rings is 1. The standard InChI is InChI=1S/C23H30N4O4/c1-15(2)21(22(29)24-9-8-18-5-4-10-31-18)25-23(30)26-12-16-11-17(14-26)19-6-3-7-20(28)27(19)13-16/h3-7,10,15-17,21H,8-9,11-14H2,1-2H3,(H,24,29)(H,25,30)/t16-,17+,21+/m1/s1. The van der Waals surface area contributed by atoms with Crippen molar-refractivity contribution in [2.75, 3.05) is 19.6 Å². The van der Waals surface area contributed by atoms with Gasteiger partial charge in [0.05, 0.1) is 6.26 Å². The number of urea groups is 1. The molecule has 0 aliphatic carbocycles. The van der Waals surface area contributed by atoms with Crippen molar-refractivity contribution >= 4 is 11.9 Å². The van der Waals surface area contributed by atoms with Gasteiger partial charge < -0.3 is 24.5 Å². The van der Waals surface area contributed by atoms with Gasteiger partial charge in [0.15, 0.2) is 0 Å². The van der Waals surface area contributed by atoms with Crippen molar-refractivity contribution in [1.82, 2.24) is 20.1 Å². The molecule has 0 saturated carbocycles. The Morgan fingerprint density at radius 2 is 2.00 bits per heavy atom. The van der Waals surface area contributed by atoms with Gasteiger partial charge in [-0.05, 0) is 36.5 Å². The number of fused-ring (bicyclic) bond motifs is 4. The molecular formula is C23H30N4O4. The van der Waals surface area contributed by atoms with E-state index in [2.05, 4.69) is 10.6 Å². The second-order valence-electron chi connectivity index (χ2n) is 8.89. The average molecular weight is 427 g/mol. The van der Waals surface area contributed by atoms with E-state index in [1.807, 2.05) is 36.6 Å². The molecule has 2 bridgehead atoms. The number of piperidine rings is 1. The van der Waals surface area contributed by atoms with Gasteiger partial charge in [0, 0.05) is 50.3 Å². The van der Waals surface area contributed by atoms with Gasteiger partial charge in [-0.1, -0.05) is 19.9 Å². The summed E-state index contributed by atoms with van der Waals surface area (Å²) in [7, 11) is 0. The van der Waals surface area contributed by atoms with Crippen LogP contribution in [-0.4, -0.2) is 47.1 Å². The van der Waals surface area contributed by atoms with E-state index >= 15 is 0 Å². The topological polar surface area (TPSA) is 96.6 Å². The molecule has 8 heteroatoms. The maximum absolute atomic E-state index is 13.0. The van der Waals surface area contributed by atoms with Gasteiger partial charge in [-0.25, -0.2) is 4.79 Å². The number of nitrogens with zero attached hydrogens (tertiary/aromatic N) is 2. The maximum atomic E-state index is 13.0. The molecule has 0 radical (unpaired) electrons. The fourth-order valence-corrected chi connectivity index (χ4v) is 4.70. The highest BCUT2D eigenvalue weighted by Crippen LogP contribution is 2.34. The van der Waals surface area contributed by atoms with Crippen molar-refractivity contribution < 1.29 is 14.0 Å². The molecule has 3 amide bonds. The van der Waals surface area contributed by atoms with Crippen LogP contribution in [0, 0.1) is 11.8 Å². The number of likely N-dealkylation sites (tertiary alicyclic amines) is 1. The zero-order valence-corrected chi connectivity index (χ0v) is 18.0. The number of hydrogen-bond acceptors (Lipinski definition) is 4. The SMILES string of the molecule is CC(C)[C@H](NC(=O)N1C[C@H]2C[C@@H](C1)c1cccc(=O)n1C2)C(=O)NCCc1ccco1. The van der Waals surface area contributed by atoms with Crippen molar-refractivity contribution in [3.8, 4) is 0 Å². The first kappa shape index (κ1) is 21.2. The monoisotopic (exact) mass is 426 g/mol. The van der Waals surface area contributed by atoms with Crippen LogP contribution in [0.25, 0.3) is 0 Å². The van der Waals surface area contributed by atoms with Crippen LogP contribution >= 0.6 is 0 Å². The molecule has 1 fully saturated rings. The minimum absolute atomic E-state index is 0.0243. The second kappa shape index (κ2) is 8.99. The summed E-state index contributed by atoms with van der Waals surface area (Å²) in [5, 5.41) is 5.84. The second-order valence-corrected chi connectivity index (χ2v) is 8.89. The Bertz CT molecular complexity index is 982. The summed E-state index contributed by atoms with van der Waals surface area (Å²) in [6.45, 7) is 6.07. The van der Waals surface area contributed by atoms with E-state index in [4.69, 9.17) is 4.42 Å². The highest BCUT2D eigenvalue weighted by atomic mass is 16.3. The molecule has 2 aliphatic rings. The minimum Gasteiger partial charge on any atom is -0.469 e. The molecule has 31 heavy (non-hydrogen) atoms. The van der Waals surface area contributed by atoms with Crippen LogP contribution in [0.3, 0.4) is 0 Å². The lowest BCUT2D eigenvalue weighted by atomic mass is 9.83. The van der Waals surface area contributed by atoms with Crippen molar-refractivity contribution in [2.45, 2.75) is 45.2 Å². The molecule has 0 unspecified atom stereocenters. The highest BCUT2D eigenvalue weighted by molar-refractivity contribution is 5.87.